The third-order valence-electron chi connectivity index (χ3n) is 4.68. The number of rotatable bonds is 8. The Labute approximate surface area is 204 Å². The number of piperazine rings is 1. The number of ether oxygens (including phenoxy) is 2. The van der Waals surface area contributed by atoms with E-state index in [9.17, 15) is 8.78 Å². The lowest BCUT2D eigenvalue weighted by Crippen LogP contribution is -2.52. The molecule has 11 heteroatoms. The Hall–Kier alpha value is -2.44. The van der Waals surface area contributed by atoms with Crippen LogP contribution in [0.1, 0.15) is 19.4 Å². The molecular weight excluding hydrogens is 533 g/mol. The monoisotopic (exact) mass is 562 g/mol. The fourth-order valence-corrected chi connectivity index (χ4v) is 3.28. The molecule has 1 aliphatic heterocycles. The summed E-state index contributed by atoms with van der Waals surface area (Å²) in [5.41, 5.74) is 0.844. The van der Waals surface area contributed by atoms with Gasteiger partial charge in [-0.2, -0.15) is 8.78 Å². The third-order valence-corrected chi connectivity index (χ3v) is 4.68. The first-order valence-electron chi connectivity index (χ1n) is 10.4. The van der Waals surface area contributed by atoms with E-state index in [0.717, 1.165) is 50.2 Å². The molecule has 0 spiro atoms. The molecular formula is C21H29F2IN6O2. The quantitative estimate of drug-likeness (QED) is 0.301. The predicted molar refractivity (Wildman–Crippen MR) is 130 cm³/mol. The summed E-state index contributed by atoms with van der Waals surface area (Å²) < 4.78 is 35.2. The molecule has 1 aromatic carbocycles. The van der Waals surface area contributed by atoms with E-state index in [4.69, 9.17) is 9.73 Å². The standard InChI is InChI=1S/C21H28F2N6O2.HI/c1-3-24-20(28-10-12-29(13-11-28)21-25-8-5-9-26-21)27-15-16-6-7-17(31-19(22)23)18(14-16)30-4-2;/h5-9,14,19H,3-4,10-13,15H2,1-2H3,(H,24,27);1H. The normalized spacial score (nSPS) is 14.2. The van der Waals surface area contributed by atoms with Crippen LogP contribution in [0.15, 0.2) is 41.7 Å². The molecule has 0 unspecified atom stereocenters. The van der Waals surface area contributed by atoms with Crippen molar-refractivity contribution in [3.05, 3.63) is 42.2 Å². The van der Waals surface area contributed by atoms with E-state index in [1.54, 1.807) is 37.5 Å². The second-order valence-corrected chi connectivity index (χ2v) is 6.79. The van der Waals surface area contributed by atoms with Gasteiger partial charge in [0, 0.05) is 45.1 Å². The molecule has 3 rings (SSSR count). The highest BCUT2D eigenvalue weighted by atomic mass is 127. The first kappa shape index (κ1) is 25.8. The van der Waals surface area contributed by atoms with E-state index in [-0.39, 0.29) is 35.5 Å². The number of aliphatic imine (C=N–C) groups is 1. The van der Waals surface area contributed by atoms with Crippen molar-refractivity contribution in [1.82, 2.24) is 20.2 Å². The molecule has 8 nitrogen and oxygen atoms in total. The summed E-state index contributed by atoms with van der Waals surface area (Å²) in [6.07, 6.45) is 3.49. The first-order valence-corrected chi connectivity index (χ1v) is 10.4. The van der Waals surface area contributed by atoms with E-state index in [1.807, 2.05) is 6.92 Å². The lowest BCUT2D eigenvalue weighted by molar-refractivity contribution is -0.0514. The minimum absolute atomic E-state index is 0. The van der Waals surface area contributed by atoms with Gasteiger partial charge in [0.25, 0.3) is 0 Å². The molecule has 1 fully saturated rings. The van der Waals surface area contributed by atoms with Gasteiger partial charge in [0.2, 0.25) is 5.95 Å². The van der Waals surface area contributed by atoms with E-state index in [2.05, 4.69) is 29.8 Å². The Morgan fingerprint density at radius 3 is 2.47 bits per heavy atom. The maximum atomic E-state index is 12.6. The highest BCUT2D eigenvalue weighted by Gasteiger charge is 2.21. The van der Waals surface area contributed by atoms with E-state index < -0.39 is 6.61 Å². The van der Waals surface area contributed by atoms with Crippen LogP contribution in [0.3, 0.4) is 0 Å². The van der Waals surface area contributed by atoms with E-state index in [0.29, 0.717) is 13.2 Å². The van der Waals surface area contributed by atoms with E-state index >= 15 is 0 Å². The Balaban J connectivity index is 0.00000363. The molecule has 0 amide bonds. The number of aromatic nitrogens is 2. The number of hydrogen-bond donors (Lipinski definition) is 1. The zero-order valence-corrected chi connectivity index (χ0v) is 20.5. The SMILES string of the molecule is CCNC(=NCc1ccc(OC(F)F)c(OCC)c1)N1CCN(c2ncccn2)CC1.I. The summed E-state index contributed by atoms with van der Waals surface area (Å²) >= 11 is 0. The average Bonchev–Trinajstić information content (AvgIpc) is 2.79. The summed E-state index contributed by atoms with van der Waals surface area (Å²) in [7, 11) is 0. The number of alkyl halides is 2. The van der Waals surface area contributed by atoms with Crippen molar-refractivity contribution in [1.29, 1.82) is 0 Å². The maximum absolute atomic E-state index is 12.6. The number of anilines is 1. The number of guanidine groups is 1. The molecule has 2 aromatic rings. The molecule has 32 heavy (non-hydrogen) atoms. The van der Waals surface area contributed by atoms with Crippen molar-refractivity contribution in [2.75, 3.05) is 44.2 Å². The summed E-state index contributed by atoms with van der Waals surface area (Å²) in [4.78, 5) is 17.7. The van der Waals surface area contributed by atoms with Crippen molar-refractivity contribution >= 4 is 35.9 Å². The van der Waals surface area contributed by atoms with E-state index in [1.165, 1.54) is 6.07 Å². The van der Waals surface area contributed by atoms with Crippen LogP contribution in [0.4, 0.5) is 14.7 Å². The summed E-state index contributed by atoms with van der Waals surface area (Å²) in [6.45, 7) is 5.56. The average molecular weight is 562 g/mol. The fourth-order valence-electron chi connectivity index (χ4n) is 3.28. The highest BCUT2D eigenvalue weighted by Crippen LogP contribution is 2.30. The predicted octanol–water partition coefficient (Wildman–Crippen LogP) is 3.38. The van der Waals surface area contributed by atoms with Gasteiger partial charge in [0.05, 0.1) is 13.2 Å². The number of halogens is 3. The zero-order chi connectivity index (χ0) is 22.1. The first-order chi connectivity index (χ1) is 15.1. The van der Waals surface area contributed by atoms with Gasteiger partial charge in [-0.3, -0.25) is 0 Å². The Morgan fingerprint density at radius 1 is 1.12 bits per heavy atom. The number of nitrogens with one attached hydrogen (secondary N) is 1. The second kappa shape index (κ2) is 13.2. The minimum atomic E-state index is -2.90. The largest absolute Gasteiger partial charge is 0.490 e. The molecule has 0 radical (unpaired) electrons. The summed E-state index contributed by atoms with van der Waals surface area (Å²) in [5, 5.41) is 3.33. The number of nitrogens with zero attached hydrogens (tertiary/aromatic N) is 5. The highest BCUT2D eigenvalue weighted by molar-refractivity contribution is 14.0. The molecule has 0 bridgehead atoms. The lowest BCUT2D eigenvalue weighted by Gasteiger charge is -2.36. The molecule has 1 saturated heterocycles. The molecule has 2 heterocycles. The van der Waals surface area contributed by atoms with Crippen molar-refractivity contribution in [2.24, 2.45) is 4.99 Å². The van der Waals surface area contributed by atoms with Crippen LogP contribution in [0.25, 0.3) is 0 Å². The second-order valence-electron chi connectivity index (χ2n) is 6.79. The maximum Gasteiger partial charge on any atom is 0.387 e. The van der Waals surface area contributed by atoms with Gasteiger partial charge in [-0.05, 0) is 37.6 Å². The van der Waals surface area contributed by atoms with Gasteiger partial charge < -0.3 is 24.6 Å². The van der Waals surface area contributed by atoms with Crippen LogP contribution in [0.2, 0.25) is 0 Å². The molecule has 176 valence electrons. The molecule has 0 atom stereocenters. The van der Waals surface area contributed by atoms with Gasteiger partial charge in [-0.15, -0.1) is 24.0 Å². The number of hydrogen-bond acceptors (Lipinski definition) is 6. The van der Waals surface area contributed by atoms with Crippen LogP contribution in [0, 0.1) is 0 Å². The van der Waals surface area contributed by atoms with Gasteiger partial charge in [0.15, 0.2) is 17.5 Å². The smallest absolute Gasteiger partial charge is 0.387 e. The van der Waals surface area contributed by atoms with Gasteiger partial charge in [-0.1, -0.05) is 6.07 Å². The summed E-state index contributed by atoms with van der Waals surface area (Å²) in [5.74, 6) is 1.85. The van der Waals surface area contributed by atoms with Crippen molar-refractivity contribution in [3.63, 3.8) is 0 Å². The summed E-state index contributed by atoms with van der Waals surface area (Å²) in [6, 6.07) is 6.71. The van der Waals surface area contributed by atoms with Crippen LogP contribution < -0.4 is 19.7 Å². The number of benzene rings is 1. The molecule has 1 N–H and O–H groups in total. The van der Waals surface area contributed by atoms with Crippen molar-refractivity contribution in [2.45, 2.75) is 27.0 Å². The van der Waals surface area contributed by atoms with Gasteiger partial charge >= 0.3 is 6.61 Å². The Kier molecular flexibility index (Phi) is 10.6. The molecule has 0 aliphatic carbocycles. The Bertz CT molecular complexity index is 851. The third kappa shape index (κ3) is 7.31. The lowest BCUT2D eigenvalue weighted by atomic mass is 10.2. The zero-order valence-electron chi connectivity index (χ0n) is 18.2. The van der Waals surface area contributed by atoms with Gasteiger partial charge in [0.1, 0.15) is 0 Å². The van der Waals surface area contributed by atoms with Crippen LogP contribution >= 0.6 is 24.0 Å². The van der Waals surface area contributed by atoms with Crippen LogP contribution in [0.5, 0.6) is 11.5 Å². The Morgan fingerprint density at radius 2 is 1.84 bits per heavy atom. The van der Waals surface area contributed by atoms with Crippen molar-refractivity contribution in [3.8, 4) is 11.5 Å². The molecule has 1 aromatic heterocycles. The van der Waals surface area contributed by atoms with Crippen LogP contribution in [-0.4, -0.2) is 66.8 Å². The van der Waals surface area contributed by atoms with Crippen LogP contribution in [-0.2, 0) is 6.54 Å². The minimum Gasteiger partial charge on any atom is -0.490 e. The van der Waals surface area contributed by atoms with Gasteiger partial charge in [-0.25, -0.2) is 15.0 Å². The topological polar surface area (TPSA) is 75.1 Å². The fraction of sp³-hybridized carbons (Fsp3) is 0.476. The molecule has 1 aliphatic rings. The molecule has 0 saturated carbocycles. The van der Waals surface area contributed by atoms with Crippen molar-refractivity contribution < 1.29 is 18.3 Å².